The van der Waals surface area contributed by atoms with Crippen LogP contribution in [0.2, 0.25) is 5.02 Å². The molecular weight excluding hydrogens is 436 g/mol. The van der Waals surface area contributed by atoms with E-state index >= 15 is 0 Å². The van der Waals surface area contributed by atoms with Gasteiger partial charge in [0, 0.05) is 18.1 Å². The van der Waals surface area contributed by atoms with Gasteiger partial charge in [-0.1, -0.05) is 36.6 Å². The van der Waals surface area contributed by atoms with E-state index in [1.165, 1.54) is 23.5 Å². The van der Waals surface area contributed by atoms with Gasteiger partial charge < -0.3 is 10.1 Å². The van der Waals surface area contributed by atoms with Crippen LogP contribution in [0.15, 0.2) is 47.4 Å². The fourth-order valence-electron chi connectivity index (χ4n) is 4.39. The van der Waals surface area contributed by atoms with E-state index in [0.717, 1.165) is 44.1 Å². The molecule has 2 aliphatic rings. The molecule has 1 saturated carbocycles. The van der Waals surface area contributed by atoms with Crippen LogP contribution in [0.4, 0.5) is 5.69 Å². The Hall–Kier alpha value is -2.09. The number of ether oxygens (including phenoxy) is 1. The molecule has 0 atom stereocenters. The van der Waals surface area contributed by atoms with Gasteiger partial charge in [-0.05, 0) is 61.6 Å². The van der Waals surface area contributed by atoms with Crippen molar-refractivity contribution in [3.63, 3.8) is 0 Å². The molecule has 8 heteroatoms. The van der Waals surface area contributed by atoms with Crippen LogP contribution in [-0.2, 0) is 20.2 Å². The molecule has 0 radical (unpaired) electrons. The first-order chi connectivity index (χ1) is 14.9. The molecule has 31 heavy (non-hydrogen) atoms. The molecule has 6 nitrogen and oxygen atoms in total. The second-order valence-corrected chi connectivity index (χ2v) is 10.6. The van der Waals surface area contributed by atoms with Crippen molar-refractivity contribution in [1.29, 1.82) is 0 Å². The summed E-state index contributed by atoms with van der Waals surface area (Å²) in [6.45, 7) is 1.05. The van der Waals surface area contributed by atoms with Crippen LogP contribution in [-0.4, -0.2) is 38.8 Å². The zero-order valence-corrected chi connectivity index (χ0v) is 19.1. The SMILES string of the molecule is COc1ccc(S(=O)(=O)N2CCCCC2)cc1NC(=O)C1(c2ccc(Cl)cc2)CCC1. The van der Waals surface area contributed by atoms with E-state index in [9.17, 15) is 13.2 Å². The van der Waals surface area contributed by atoms with Crippen molar-refractivity contribution < 1.29 is 17.9 Å². The highest BCUT2D eigenvalue weighted by atomic mass is 35.5. The van der Waals surface area contributed by atoms with Crippen molar-refractivity contribution in [2.24, 2.45) is 0 Å². The molecule has 0 unspecified atom stereocenters. The van der Waals surface area contributed by atoms with Crippen LogP contribution in [0.3, 0.4) is 0 Å². The first kappa shape index (κ1) is 22.1. The molecule has 0 bridgehead atoms. The summed E-state index contributed by atoms with van der Waals surface area (Å²) in [5, 5.41) is 3.57. The number of methoxy groups -OCH3 is 1. The molecule has 0 spiro atoms. The summed E-state index contributed by atoms with van der Waals surface area (Å²) < 4.78 is 33.1. The van der Waals surface area contributed by atoms with E-state index in [0.29, 0.717) is 29.5 Å². The van der Waals surface area contributed by atoms with E-state index in [1.807, 2.05) is 12.1 Å². The number of sulfonamides is 1. The maximum absolute atomic E-state index is 13.4. The zero-order valence-electron chi connectivity index (χ0n) is 17.6. The molecule has 166 valence electrons. The first-order valence-corrected chi connectivity index (χ1v) is 12.4. The maximum atomic E-state index is 13.4. The minimum Gasteiger partial charge on any atom is -0.495 e. The lowest BCUT2D eigenvalue weighted by Gasteiger charge is -2.40. The highest BCUT2D eigenvalue weighted by molar-refractivity contribution is 7.89. The van der Waals surface area contributed by atoms with Gasteiger partial charge >= 0.3 is 0 Å². The lowest BCUT2D eigenvalue weighted by molar-refractivity contribution is -0.124. The summed E-state index contributed by atoms with van der Waals surface area (Å²) in [6, 6.07) is 12.0. The quantitative estimate of drug-likeness (QED) is 0.681. The van der Waals surface area contributed by atoms with Gasteiger partial charge in [0.15, 0.2) is 0 Å². The summed E-state index contributed by atoms with van der Waals surface area (Å²) in [5.41, 5.74) is 0.639. The Balaban J connectivity index is 1.63. The molecule has 1 heterocycles. The number of halogens is 1. The van der Waals surface area contributed by atoms with E-state index in [-0.39, 0.29) is 10.8 Å². The third-order valence-corrected chi connectivity index (χ3v) is 8.56. The molecule has 1 aliphatic carbocycles. The van der Waals surface area contributed by atoms with E-state index in [2.05, 4.69) is 5.32 Å². The normalized spacial score (nSPS) is 18.8. The van der Waals surface area contributed by atoms with Crippen LogP contribution >= 0.6 is 11.6 Å². The van der Waals surface area contributed by atoms with E-state index in [1.54, 1.807) is 18.2 Å². The smallest absolute Gasteiger partial charge is 0.243 e. The number of piperidine rings is 1. The molecule has 1 N–H and O–H groups in total. The Morgan fingerprint density at radius 2 is 1.71 bits per heavy atom. The minimum atomic E-state index is -3.62. The summed E-state index contributed by atoms with van der Waals surface area (Å²) in [6.07, 6.45) is 5.19. The van der Waals surface area contributed by atoms with Crippen molar-refractivity contribution in [3.8, 4) is 5.75 Å². The lowest BCUT2D eigenvalue weighted by atomic mass is 9.64. The lowest BCUT2D eigenvalue weighted by Crippen LogP contribution is -2.46. The molecule has 1 aliphatic heterocycles. The molecule has 4 rings (SSSR count). The fourth-order valence-corrected chi connectivity index (χ4v) is 6.06. The molecule has 2 aromatic carbocycles. The summed E-state index contributed by atoms with van der Waals surface area (Å²) in [4.78, 5) is 13.5. The molecule has 2 aromatic rings. The number of rotatable bonds is 6. The average molecular weight is 463 g/mol. The largest absolute Gasteiger partial charge is 0.495 e. The number of carbonyl (C=O) groups excluding carboxylic acids is 1. The minimum absolute atomic E-state index is 0.160. The standard InChI is InChI=1S/C23H27ClN2O4S/c1-30-21-11-10-19(31(28,29)26-14-3-2-4-15-26)16-20(21)25-22(27)23(12-5-13-23)17-6-8-18(24)9-7-17/h6-11,16H,2-5,12-15H2,1H3,(H,25,27). The molecule has 2 fully saturated rings. The van der Waals surface area contributed by atoms with E-state index < -0.39 is 15.4 Å². The number of hydrogen-bond donors (Lipinski definition) is 1. The predicted octanol–water partition coefficient (Wildman–Crippen LogP) is 4.58. The van der Waals surface area contributed by atoms with Crippen molar-refractivity contribution in [2.75, 3.05) is 25.5 Å². The number of carbonyl (C=O) groups is 1. The van der Waals surface area contributed by atoms with Gasteiger partial charge in [-0.25, -0.2) is 8.42 Å². The maximum Gasteiger partial charge on any atom is 0.243 e. The van der Waals surface area contributed by atoms with Gasteiger partial charge in [-0.15, -0.1) is 0 Å². The Labute approximate surface area is 188 Å². The Kier molecular flexibility index (Phi) is 6.28. The summed E-state index contributed by atoms with van der Waals surface area (Å²) in [7, 11) is -2.12. The molecule has 1 saturated heterocycles. The topological polar surface area (TPSA) is 75.7 Å². The highest BCUT2D eigenvalue weighted by Crippen LogP contribution is 2.45. The van der Waals surface area contributed by atoms with Gasteiger partial charge in [-0.2, -0.15) is 4.31 Å². The van der Waals surface area contributed by atoms with Crippen LogP contribution in [0, 0.1) is 0 Å². The van der Waals surface area contributed by atoms with E-state index in [4.69, 9.17) is 16.3 Å². The molecule has 1 amide bonds. The van der Waals surface area contributed by atoms with Gasteiger partial charge in [-0.3, -0.25) is 4.79 Å². The van der Waals surface area contributed by atoms with Gasteiger partial charge in [0.2, 0.25) is 15.9 Å². The number of hydrogen-bond acceptors (Lipinski definition) is 4. The predicted molar refractivity (Wildman–Crippen MR) is 121 cm³/mol. The third kappa shape index (κ3) is 4.19. The van der Waals surface area contributed by atoms with Crippen molar-refractivity contribution in [3.05, 3.63) is 53.1 Å². The van der Waals surface area contributed by atoms with Crippen molar-refractivity contribution >= 4 is 33.2 Å². The second kappa shape index (κ2) is 8.81. The summed E-state index contributed by atoms with van der Waals surface area (Å²) in [5.74, 6) is 0.267. The van der Waals surface area contributed by atoms with Crippen LogP contribution in [0.25, 0.3) is 0 Å². The van der Waals surface area contributed by atoms with Crippen LogP contribution < -0.4 is 10.1 Å². The first-order valence-electron chi connectivity index (χ1n) is 10.6. The van der Waals surface area contributed by atoms with Crippen molar-refractivity contribution in [1.82, 2.24) is 4.31 Å². The molecular formula is C23H27ClN2O4S. The average Bonchev–Trinajstić information content (AvgIpc) is 2.75. The van der Waals surface area contributed by atoms with Crippen LogP contribution in [0.5, 0.6) is 5.75 Å². The van der Waals surface area contributed by atoms with Gasteiger partial charge in [0.05, 0.1) is 23.1 Å². The number of amides is 1. The van der Waals surface area contributed by atoms with Crippen LogP contribution in [0.1, 0.15) is 44.1 Å². The Morgan fingerprint density at radius 3 is 2.29 bits per heavy atom. The Bertz CT molecular complexity index is 1060. The number of nitrogens with one attached hydrogen (secondary N) is 1. The summed E-state index contributed by atoms with van der Waals surface area (Å²) >= 11 is 6.02. The number of anilines is 1. The highest BCUT2D eigenvalue weighted by Gasteiger charge is 2.45. The third-order valence-electron chi connectivity index (χ3n) is 6.41. The second-order valence-electron chi connectivity index (χ2n) is 8.22. The fraction of sp³-hybridized carbons (Fsp3) is 0.435. The number of benzene rings is 2. The monoisotopic (exact) mass is 462 g/mol. The molecule has 0 aromatic heterocycles. The van der Waals surface area contributed by atoms with Gasteiger partial charge in [0.1, 0.15) is 5.75 Å². The Morgan fingerprint density at radius 1 is 1.03 bits per heavy atom. The zero-order chi connectivity index (χ0) is 22.1. The van der Waals surface area contributed by atoms with Gasteiger partial charge in [0.25, 0.3) is 0 Å². The van der Waals surface area contributed by atoms with Crippen molar-refractivity contribution in [2.45, 2.75) is 48.8 Å². The number of nitrogens with zero attached hydrogens (tertiary/aromatic N) is 1.